The summed E-state index contributed by atoms with van der Waals surface area (Å²) in [6.45, 7) is -3.05. The Morgan fingerprint density at radius 3 is 2.46 bits per heavy atom. The zero-order valence-corrected chi connectivity index (χ0v) is 7.61. The van der Waals surface area contributed by atoms with Crippen molar-refractivity contribution in [3.8, 4) is 11.5 Å². The number of alkyl halides is 2. The Kier molecular flexibility index (Phi) is 3.17. The first kappa shape index (κ1) is 10.3. The van der Waals surface area contributed by atoms with Crippen LogP contribution in [0.1, 0.15) is 0 Å². The van der Waals surface area contributed by atoms with Crippen LogP contribution in [0.15, 0.2) is 12.1 Å². The molecule has 0 saturated carbocycles. The van der Waals surface area contributed by atoms with Gasteiger partial charge in [-0.1, -0.05) is 23.2 Å². The molecule has 0 heterocycles. The molecule has 0 atom stereocenters. The van der Waals surface area contributed by atoms with Crippen molar-refractivity contribution in [2.45, 2.75) is 6.61 Å². The predicted octanol–water partition coefficient (Wildman–Crippen LogP) is 3.30. The third kappa shape index (κ3) is 2.35. The minimum atomic E-state index is -3.05. The summed E-state index contributed by atoms with van der Waals surface area (Å²) in [5.41, 5.74) is 0. The number of hydrogen-bond acceptors (Lipinski definition) is 2. The molecule has 0 aliphatic heterocycles. The molecule has 1 aromatic rings. The molecule has 0 fully saturated rings. The fourth-order valence-corrected chi connectivity index (χ4v) is 1.08. The second-order valence-electron chi connectivity index (χ2n) is 2.09. The smallest absolute Gasteiger partial charge is 0.387 e. The molecule has 0 unspecified atom stereocenters. The lowest BCUT2D eigenvalue weighted by atomic mass is 10.3. The molecular weight excluding hydrogens is 225 g/mol. The highest BCUT2D eigenvalue weighted by Gasteiger charge is 2.15. The Bertz CT molecular complexity index is 318. The van der Waals surface area contributed by atoms with Crippen molar-refractivity contribution < 1.29 is 18.6 Å². The molecule has 0 radical (unpaired) electrons. The van der Waals surface area contributed by atoms with Crippen molar-refractivity contribution in [3.63, 3.8) is 0 Å². The minimum absolute atomic E-state index is 0.0371. The number of phenolic OH excluding ortho intramolecular Hbond substituents is 1. The summed E-state index contributed by atoms with van der Waals surface area (Å²) in [6.07, 6.45) is 0. The Balaban J connectivity index is 3.10. The zero-order chi connectivity index (χ0) is 10.0. The highest BCUT2D eigenvalue weighted by molar-refractivity contribution is 6.43. The number of aromatic hydroxyl groups is 1. The maximum absolute atomic E-state index is 11.8. The first-order valence-electron chi connectivity index (χ1n) is 3.14. The summed E-state index contributed by atoms with van der Waals surface area (Å²) in [4.78, 5) is 0. The van der Waals surface area contributed by atoms with Gasteiger partial charge in [0, 0.05) is 0 Å². The molecule has 1 aromatic carbocycles. The van der Waals surface area contributed by atoms with Crippen LogP contribution in [-0.2, 0) is 0 Å². The normalized spacial score (nSPS) is 10.5. The zero-order valence-electron chi connectivity index (χ0n) is 6.10. The Morgan fingerprint density at radius 2 is 1.92 bits per heavy atom. The summed E-state index contributed by atoms with van der Waals surface area (Å²) < 4.78 is 27.5. The summed E-state index contributed by atoms with van der Waals surface area (Å²) >= 11 is 11.0. The van der Waals surface area contributed by atoms with Gasteiger partial charge in [0.25, 0.3) is 0 Å². The molecule has 0 aliphatic rings. The average molecular weight is 229 g/mol. The van der Waals surface area contributed by atoms with Gasteiger partial charge in [-0.05, 0) is 12.1 Å². The van der Waals surface area contributed by atoms with Gasteiger partial charge in [-0.15, -0.1) is 0 Å². The SMILES string of the molecule is Oc1ccc(Cl)c(Cl)c1OC(F)F. The van der Waals surface area contributed by atoms with Crippen LogP contribution in [0.5, 0.6) is 11.5 Å². The third-order valence-electron chi connectivity index (χ3n) is 1.24. The Morgan fingerprint density at radius 1 is 1.31 bits per heavy atom. The van der Waals surface area contributed by atoms with Gasteiger partial charge in [0.1, 0.15) is 5.02 Å². The van der Waals surface area contributed by atoms with Crippen LogP contribution in [-0.4, -0.2) is 11.7 Å². The van der Waals surface area contributed by atoms with Gasteiger partial charge in [0.15, 0.2) is 11.5 Å². The molecule has 6 heteroatoms. The van der Waals surface area contributed by atoms with Crippen molar-refractivity contribution in [1.82, 2.24) is 0 Å². The van der Waals surface area contributed by atoms with Gasteiger partial charge >= 0.3 is 6.61 Å². The fourth-order valence-electron chi connectivity index (χ4n) is 0.723. The maximum atomic E-state index is 11.8. The molecule has 2 nitrogen and oxygen atoms in total. The number of ether oxygens (including phenoxy) is 1. The van der Waals surface area contributed by atoms with E-state index in [-0.39, 0.29) is 10.0 Å². The minimum Gasteiger partial charge on any atom is -0.504 e. The van der Waals surface area contributed by atoms with Crippen molar-refractivity contribution in [2.75, 3.05) is 0 Å². The topological polar surface area (TPSA) is 29.5 Å². The number of benzene rings is 1. The van der Waals surface area contributed by atoms with Crippen LogP contribution in [0.2, 0.25) is 10.0 Å². The first-order valence-corrected chi connectivity index (χ1v) is 3.89. The van der Waals surface area contributed by atoms with Gasteiger partial charge in [0.05, 0.1) is 5.02 Å². The standard InChI is InChI=1S/C7H4Cl2F2O2/c8-3-1-2-4(12)6(5(3)9)13-7(10)11/h1-2,7,12H. The number of halogens is 4. The van der Waals surface area contributed by atoms with Gasteiger partial charge in [-0.2, -0.15) is 8.78 Å². The highest BCUT2D eigenvalue weighted by Crippen LogP contribution is 2.39. The quantitative estimate of drug-likeness (QED) is 0.842. The average Bonchev–Trinajstić information content (AvgIpc) is 2.05. The molecule has 72 valence electrons. The molecular formula is C7H4Cl2F2O2. The van der Waals surface area contributed by atoms with Gasteiger partial charge < -0.3 is 9.84 Å². The van der Waals surface area contributed by atoms with E-state index < -0.39 is 18.1 Å². The number of rotatable bonds is 2. The molecule has 13 heavy (non-hydrogen) atoms. The van der Waals surface area contributed by atoms with Gasteiger partial charge in [-0.25, -0.2) is 0 Å². The van der Waals surface area contributed by atoms with Crippen LogP contribution in [0.4, 0.5) is 8.78 Å². The first-order chi connectivity index (χ1) is 6.02. The van der Waals surface area contributed by atoms with Crippen LogP contribution in [0.3, 0.4) is 0 Å². The number of hydrogen-bond donors (Lipinski definition) is 1. The lowest BCUT2D eigenvalue weighted by Crippen LogP contribution is -2.02. The fraction of sp³-hybridized carbons (Fsp3) is 0.143. The molecule has 0 aliphatic carbocycles. The summed E-state index contributed by atoms with van der Waals surface area (Å²) in [6, 6.07) is 2.39. The van der Waals surface area contributed by atoms with Crippen molar-refractivity contribution >= 4 is 23.2 Å². The van der Waals surface area contributed by atoms with E-state index in [9.17, 15) is 8.78 Å². The van der Waals surface area contributed by atoms with E-state index in [1.807, 2.05) is 0 Å². The van der Waals surface area contributed by atoms with E-state index in [4.69, 9.17) is 28.3 Å². The van der Waals surface area contributed by atoms with E-state index in [1.165, 1.54) is 6.07 Å². The van der Waals surface area contributed by atoms with Crippen LogP contribution < -0.4 is 4.74 Å². The van der Waals surface area contributed by atoms with E-state index in [0.29, 0.717) is 0 Å². The molecule has 0 aromatic heterocycles. The van der Waals surface area contributed by atoms with Crippen molar-refractivity contribution in [2.24, 2.45) is 0 Å². The molecule has 0 bridgehead atoms. The Hall–Kier alpha value is -0.740. The van der Waals surface area contributed by atoms with E-state index in [2.05, 4.69) is 4.74 Å². The molecule has 0 amide bonds. The number of phenols is 1. The summed E-state index contributed by atoms with van der Waals surface area (Å²) in [7, 11) is 0. The van der Waals surface area contributed by atoms with Crippen LogP contribution >= 0.6 is 23.2 Å². The molecule has 1 N–H and O–H groups in total. The molecule has 0 saturated heterocycles. The molecule has 0 spiro atoms. The van der Waals surface area contributed by atoms with Crippen LogP contribution in [0.25, 0.3) is 0 Å². The summed E-state index contributed by atoms with van der Waals surface area (Å²) in [5.74, 6) is -0.987. The van der Waals surface area contributed by atoms with Crippen LogP contribution in [0, 0.1) is 0 Å². The third-order valence-corrected chi connectivity index (χ3v) is 2.02. The lowest BCUT2D eigenvalue weighted by Gasteiger charge is -2.08. The second-order valence-corrected chi connectivity index (χ2v) is 2.87. The maximum Gasteiger partial charge on any atom is 0.387 e. The highest BCUT2D eigenvalue weighted by atomic mass is 35.5. The van der Waals surface area contributed by atoms with Gasteiger partial charge in [-0.3, -0.25) is 0 Å². The molecule has 1 rings (SSSR count). The largest absolute Gasteiger partial charge is 0.504 e. The van der Waals surface area contributed by atoms with E-state index in [0.717, 1.165) is 6.07 Å². The van der Waals surface area contributed by atoms with Crippen molar-refractivity contribution in [3.05, 3.63) is 22.2 Å². The van der Waals surface area contributed by atoms with Gasteiger partial charge in [0.2, 0.25) is 0 Å². The van der Waals surface area contributed by atoms with E-state index >= 15 is 0 Å². The van der Waals surface area contributed by atoms with E-state index in [1.54, 1.807) is 0 Å². The monoisotopic (exact) mass is 228 g/mol. The Labute approximate surface area is 82.6 Å². The summed E-state index contributed by atoms with van der Waals surface area (Å²) in [5, 5.41) is 8.87. The van der Waals surface area contributed by atoms with Crippen molar-refractivity contribution in [1.29, 1.82) is 0 Å². The lowest BCUT2D eigenvalue weighted by molar-refractivity contribution is -0.0511. The predicted molar refractivity (Wildman–Crippen MR) is 44.8 cm³/mol. The second kappa shape index (κ2) is 3.98.